The van der Waals surface area contributed by atoms with E-state index in [0.717, 1.165) is 23.0 Å². The highest BCUT2D eigenvalue weighted by Crippen LogP contribution is 2.29. The fraction of sp³-hybridized carbons (Fsp3) is 0.227. The smallest absolute Gasteiger partial charge is 0.346 e. The molecule has 0 aliphatic carbocycles. The van der Waals surface area contributed by atoms with Crippen LogP contribution in [0.15, 0.2) is 67.0 Å². The zero-order valence-electron chi connectivity index (χ0n) is 16.7. The topological polar surface area (TPSA) is 64.7 Å². The molecule has 0 saturated heterocycles. The molecule has 0 fully saturated rings. The van der Waals surface area contributed by atoms with E-state index < -0.39 is 11.7 Å². The van der Waals surface area contributed by atoms with Crippen LogP contribution in [0, 0.1) is 0 Å². The first-order valence-electron chi connectivity index (χ1n) is 9.70. The summed E-state index contributed by atoms with van der Waals surface area (Å²) in [6.45, 7) is 2.55. The summed E-state index contributed by atoms with van der Waals surface area (Å²) in [5.41, 5.74) is 0.876. The molecule has 9 heteroatoms. The van der Waals surface area contributed by atoms with Crippen LogP contribution in [0.5, 0.6) is 0 Å². The molecular formula is C22H20F3N5O. The Bertz CT molecular complexity index is 1210. The summed E-state index contributed by atoms with van der Waals surface area (Å²) in [5.74, 6) is -0.390. The highest BCUT2D eigenvalue weighted by molar-refractivity contribution is 5.92. The molecule has 1 atom stereocenters. The van der Waals surface area contributed by atoms with Gasteiger partial charge in [-0.1, -0.05) is 35.5 Å². The van der Waals surface area contributed by atoms with Crippen molar-refractivity contribution in [3.05, 3.63) is 83.8 Å². The van der Waals surface area contributed by atoms with Gasteiger partial charge in [0.15, 0.2) is 5.69 Å². The number of fused-ring (bicyclic) bond motifs is 1. The largest absolute Gasteiger partial charge is 0.416 e. The second-order valence-corrected chi connectivity index (χ2v) is 7.40. The second kappa shape index (κ2) is 8.25. The number of rotatable bonds is 6. The van der Waals surface area contributed by atoms with Crippen molar-refractivity contribution in [2.24, 2.45) is 0 Å². The van der Waals surface area contributed by atoms with Crippen LogP contribution in [0.4, 0.5) is 13.2 Å². The molecule has 0 aliphatic heterocycles. The molecule has 160 valence electrons. The van der Waals surface area contributed by atoms with Crippen LogP contribution in [-0.4, -0.2) is 31.5 Å². The van der Waals surface area contributed by atoms with E-state index >= 15 is 0 Å². The average Bonchev–Trinajstić information content (AvgIpc) is 3.35. The third-order valence-corrected chi connectivity index (χ3v) is 4.90. The Hall–Kier alpha value is -3.62. The minimum Gasteiger partial charge on any atom is -0.346 e. The molecule has 1 N–H and O–H groups in total. The molecule has 0 spiro atoms. The van der Waals surface area contributed by atoms with Gasteiger partial charge in [-0.15, -0.1) is 5.10 Å². The number of halogens is 3. The molecule has 2 aromatic carbocycles. The number of alkyl halides is 3. The normalized spacial score (nSPS) is 12.8. The van der Waals surface area contributed by atoms with Crippen LogP contribution in [0.3, 0.4) is 0 Å². The van der Waals surface area contributed by atoms with Crippen molar-refractivity contribution in [1.82, 2.24) is 24.9 Å². The number of nitrogens with one attached hydrogen (secondary N) is 1. The Labute approximate surface area is 176 Å². The monoisotopic (exact) mass is 427 g/mol. The van der Waals surface area contributed by atoms with Gasteiger partial charge in [-0.05, 0) is 42.1 Å². The van der Waals surface area contributed by atoms with Gasteiger partial charge >= 0.3 is 6.18 Å². The molecule has 4 aromatic rings. The highest BCUT2D eigenvalue weighted by Gasteiger charge is 2.30. The van der Waals surface area contributed by atoms with E-state index in [1.165, 1.54) is 16.9 Å². The minimum atomic E-state index is -4.41. The van der Waals surface area contributed by atoms with Crippen molar-refractivity contribution in [2.75, 3.05) is 0 Å². The van der Waals surface area contributed by atoms with E-state index in [9.17, 15) is 18.0 Å². The van der Waals surface area contributed by atoms with Crippen molar-refractivity contribution in [2.45, 2.75) is 32.2 Å². The number of hydrogen-bond acceptors (Lipinski definition) is 3. The van der Waals surface area contributed by atoms with Crippen molar-refractivity contribution in [3.8, 4) is 0 Å². The van der Waals surface area contributed by atoms with Crippen LogP contribution in [0.2, 0.25) is 0 Å². The molecule has 0 saturated carbocycles. The van der Waals surface area contributed by atoms with Crippen LogP contribution in [0.1, 0.15) is 28.5 Å². The lowest BCUT2D eigenvalue weighted by molar-refractivity contribution is -0.137. The third-order valence-electron chi connectivity index (χ3n) is 4.90. The number of carbonyl (C=O) groups is 1. The maximum absolute atomic E-state index is 12.9. The quantitative estimate of drug-likeness (QED) is 0.504. The van der Waals surface area contributed by atoms with E-state index in [1.807, 2.05) is 43.5 Å². The van der Waals surface area contributed by atoms with Gasteiger partial charge in [0.1, 0.15) is 0 Å². The van der Waals surface area contributed by atoms with Crippen molar-refractivity contribution in [3.63, 3.8) is 0 Å². The van der Waals surface area contributed by atoms with E-state index in [0.29, 0.717) is 12.1 Å². The zero-order chi connectivity index (χ0) is 22.0. The van der Waals surface area contributed by atoms with E-state index in [4.69, 9.17) is 0 Å². The minimum absolute atomic E-state index is 0.0785. The molecule has 0 aliphatic rings. The van der Waals surface area contributed by atoms with Gasteiger partial charge in [0.2, 0.25) is 0 Å². The third kappa shape index (κ3) is 4.76. The zero-order valence-corrected chi connectivity index (χ0v) is 16.7. The summed E-state index contributed by atoms with van der Waals surface area (Å²) in [7, 11) is 0. The standard InChI is InChI=1S/C22H20F3N5O/c1-15(12-29-10-9-17-6-2-3-8-20(17)29)26-21(31)19-14-30(28-27-19)13-16-5-4-7-18(11-16)22(23,24)25/h2-11,14-15H,12-13H2,1H3,(H,26,31). The first kappa shape index (κ1) is 20.6. The highest BCUT2D eigenvalue weighted by atomic mass is 19.4. The van der Waals surface area contributed by atoms with Crippen LogP contribution >= 0.6 is 0 Å². The molecule has 6 nitrogen and oxygen atoms in total. The Morgan fingerprint density at radius 2 is 1.94 bits per heavy atom. The molecule has 2 heterocycles. The maximum atomic E-state index is 12.9. The van der Waals surface area contributed by atoms with Gasteiger partial charge in [-0.3, -0.25) is 4.79 Å². The summed E-state index contributed by atoms with van der Waals surface area (Å²) in [4.78, 5) is 12.5. The predicted molar refractivity (Wildman–Crippen MR) is 109 cm³/mol. The number of aromatic nitrogens is 4. The number of nitrogens with zero attached hydrogens (tertiary/aromatic N) is 4. The van der Waals surface area contributed by atoms with Crippen molar-refractivity contribution in [1.29, 1.82) is 0 Å². The average molecular weight is 427 g/mol. The Balaban J connectivity index is 1.39. The Morgan fingerprint density at radius 1 is 1.13 bits per heavy atom. The summed E-state index contributed by atoms with van der Waals surface area (Å²) >= 11 is 0. The molecule has 2 aromatic heterocycles. The Kier molecular flexibility index (Phi) is 5.50. The van der Waals surface area contributed by atoms with E-state index in [-0.39, 0.29) is 24.2 Å². The first-order chi connectivity index (χ1) is 14.8. The van der Waals surface area contributed by atoms with E-state index in [2.05, 4.69) is 20.2 Å². The Morgan fingerprint density at radius 3 is 2.74 bits per heavy atom. The number of amides is 1. The van der Waals surface area contributed by atoms with Gasteiger partial charge in [-0.2, -0.15) is 13.2 Å². The molecule has 0 radical (unpaired) electrons. The molecular weight excluding hydrogens is 407 g/mol. The van der Waals surface area contributed by atoms with Gasteiger partial charge < -0.3 is 9.88 Å². The summed E-state index contributed by atoms with van der Waals surface area (Å²) < 4.78 is 42.0. The predicted octanol–water partition coefficient (Wildman–Crippen LogP) is 4.12. The molecule has 1 unspecified atom stereocenters. The van der Waals surface area contributed by atoms with Gasteiger partial charge in [0.05, 0.1) is 18.3 Å². The molecule has 1 amide bonds. The number of hydrogen-bond donors (Lipinski definition) is 1. The summed E-state index contributed by atoms with van der Waals surface area (Å²) in [6, 6.07) is 14.8. The lowest BCUT2D eigenvalue weighted by atomic mass is 10.1. The molecule has 31 heavy (non-hydrogen) atoms. The number of para-hydroxylation sites is 1. The summed E-state index contributed by atoms with van der Waals surface area (Å²) in [6.07, 6.45) is -1.02. The van der Waals surface area contributed by atoms with E-state index in [1.54, 1.807) is 6.07 Å². The number of carbonyl (C=O) groups excluding carboxylic acids is 1. The van der Waals surface area contributed by atoms with Gasteiger partial charge in [0.25, 0.3) is 5.91 Å². The fourth-order valence-electron chi connectivity index (χ4n) is 3.45. The molecule has 0 bridgehead atoms. The van der Waals surface area contributed by atoms with Crippen molar-refractivity contribution >= 4 is 16.8 Å². The summed E-state index contributed by atoms with van der Waals surface area (Å²) in [5, 5.41) is 11.7. The van der Waals surface area contributed by atoms with Gasteiger partial charge in [-0.25, -0.2) is 4.68 Å². The van der Waals surface area contributed by atoms with Crippen molar-refractivity contribution < 1.29 is 18.0 Å². The maximum Gasteiger partial charge on any atom is 0.416 e. The van der Waals surface area contributed by atoms with Gasteiger partial charge in [0, 0.05) is 24.3 Å². The van der Waals surface area contributed by atoms with Crippen LogP contribution in [-0.2, 0) is 19.3 Å². The first-order valence-corrected chi connectivity index (χ1v) is 9.70. The van der Waals surface area contributed by atoms with Crippen LogP contribution in [0.25, 0.3) is 10.9 Å². The fourth-order valence-corrected chi connectivity index (χ4v) is 3.45. The number of benzene rings is 2. The lowest BCUT2D eigenvalue weighted by Crippen LogP contribution is -2.35. The SMILES string of the molecule is CC(Cn1ccc2ccccc21)NC(=O)c1cn(Cc2cccc(C(F)(F)F)c2)nn1. The molecule has 4 rings (SSSR count). The lowest BCUT2D eigenvalue weighted by Gasteiger charge is -2.14. The van der Waals surface area contributed by atoms with Crippen LogP contribution < -0.4 is 5.32 Å². The second-order valence-electron chi connectivity index (χ2n) is 7.40.